The molecule has 0 fully saturated rings. The maximum absolute atomic E-state index is 13.0. The van der Waals surface area contributed by atoms with Crippen molar-refractivity contribution < 1.29 is 27.1 Å². The Morgan fingerprint density at radius 2 is 1.68 bits per heavy atom. The SMILES string of the molecule is Cc1ccc(/C=C/S(=O)(=O)NCC(=O)OC(C)C(=O)NC(C)c2ccc(F)cc2)cc1. The second-order valence-electron chi connectivity index (χ2n) is 6.99. The van der Waals surface area contributed by atoms with Crippen molar-refractivity contribution in [3.63, 3.8) is 0 Å². The van der Waals surface area contributed by atoms with Crippen LogP contribution >= 0.6 is 0 Å². The Kier molecular flexibility index (Phi) is 8.47. The molecule has 0 radical (unpaired) electrons. The zero-order chi connectivity index (χ0) is 23.0. The Balaban J connectivity index is 1.81. The molecule has 2 rings (SSSR count). The second kappa shape index (κ2) is 10.8. The van der Waals surface area contributed by atoms with Gasteiger partial charge in [0.25, 0.3) is 5.91 Å². The van der Waals surface area contributed by atoms with E-state index in [1.54, 1.807) is 19.1 Å². The van der Waals surface area contributed by atoms with E-state index in [1.807, 2.05) is 19.1 Å². The first-order chi connectivity index (χ1) is 14.6. The van der Waals surface area contributed by atoms with E-state index in [0.717, 1.165) is 11.0 Å². The van der Waals surface area contributed by atoms with Crippen molar-refractivity contribution in [3.8, 4) is 0 Å². The first-order valence-corrected chi connectivity index (χ1v) is 11.1. The van der Waals surface area contributed by atoms with Gasteiger partial charge in [-0.15, -0.1) is 0 Å². The van der Waals surface area contributed by atoms with E-state index in [0.29, 0.717) is 11.1 Å². The van der Waals surface area contributed by atoms with Gasteiger partial charge in [-0.2, -0.15) is 0 Å². The summed E-state index contributed by atoms with van der Waals surface area (Å²) in [4.78, 5) is 24.1. The van der Waals surface area contributed by atoms with Gasteiger partial charge in [0.05, 0.1) is 6.04 Å². The third kappa shape index (κ3) is 8.31. The van der Waals surface area contributed by atoms with Gasteiger partial charge >= 0.3 is 5.97 Å². The molecule has 0 saturated heterocycles. The lowest BCUT2D eigenvalue weighted by molar-refractivity contribution is -0.153. The number of carbonyl (C=O) groups is 2. The molecule has 2 N–H and O–H groups in total. The molecule has 0 spiro atoms. The molecule has 2 aromatic rings. The quantitative estimate of drug-likeness (QED) is 0.575. The molecule has 0 aliphatic carbocycles. The summed E-state index contributed by atoms with van der Waals surface area (Å²) in [5.41, 5.74) is 2.42. The fraction of sp³-hybridized carbons (Fsp3) is 0.273. The molecule has 1 amide bonds. The van der Waals surface area contributed by atoms with E-state index >= 15 is 0 Å². The standard InChI is InChI=1S/C22H25FN2O5S/c1-15-4-6-18(7-5-15)12-13-31(28,29)24-14-21(26)30-17(3)22(27)25-16(2)19-8-10-20(23)11-9-19/h4-13,16-17,24H,14H2,1-3H3,(H,25,27)/b13-12+. The number of aryl methyl sites for hydroxylation is 1. The highest BCUT2D eigenvalue weighted by molar-refractivity contribution is 7.92. The van der Waals surface area contributed by atoms with Crippen LogP contribution in [0.3, 0.4) is 0 Å². The summed E-state index contributed by atoms with van der Waals surface area (Å²) in [6.45, 7) is 4.37. The van der Waals surface area contributed by atoms with E-state index in [1.165, 1.54) is 37.3 Å². The van der Waals surface area contributed by atoms with Gasteiger partial charge in [-0.05, 0) is 50.1 Å². The van der Waals surface area contributed by atoms with Crippen LogP contribution in [-0.4, -0.2) is 32.9 Å². The molecular weight excluding hydrogens is 423 g/mol. The normalized spacial score (nSPS) is 13.5. The van der Waals surface area contributed by atoms with E-state index in [2.05, 4.69) is 10.0 Å². The number of carbonyl (C=O) groups excluding carboxylic acids is 2. The van der Waals surface area contributed by atoms with Crippen LogP contribution < -0.4 is 10.0 Å². The molecule has 0 aliphatic heterocycles. The molecule has 2 unspecified atom stereocenters. The van der Waals surface area contributed by atoms with Crippen LogP contribution in [0.5, 0.6) is 0 Å². The summed E-state index contributed by atoms with van der Waals surface area (Å²) in [7, 11) is -3.86. The zero-order valence-corrected chi connectivity index (χ0v) is 18.3. The predicted molar refractivity (Wildman–Crippen MR) is 116 cm³/mol. The average molecular weight is 449 g/mol. The fourth-order valence-corrected chi connectivity index (χ4v) is 3.26. The van der Waals surface area contributed by atoms with Crippen LogP contribution in [0.2, 0.25) is 0 Å². The lowest BCUT2D eigenvalue weighted by Crippen LogP contribution is -2.39. The molecule has 2 atom stereocenters. The molecule has 0 bridgehead atoms. The van der Waals surface area contributed by atoms with Gasteiger partial charge in [-0.25, -0.2) is 17.5 Å². The van der Waals surface area contributed by atoms with Crippen LogP contribution in [0.15, 0.2) is 53.9 Å². The maximum Gasteiger partial charge on any atom is 0.321 e. The molecule has 31 heavy (non-hydrogen) atoms. The van der Waals surface area contributed by atoms with Crippen molar-refractivity contribution in [1.29, 1.82) is 0 Å². The first kappa shape index (κ1) is 24.2. The van der Waals surface area contributed by atoms with Crippen LogP contribution in [0.25, 0.3) is 6.08 Å². The highest BCUT2D eigenvalue weighted by Crippen LogP contribution is 2.13. The van der Waals surface area contributed by atoms with Gasteiger partial charge in [0.2, 0.25) is 10.0 Å². The topological polar surface area (TPSA) is 102 Å². The summed E-state index contributed by atoms with van der Waals surface area (Å²) in [5.74, 6) is -1.85. The van der Waals surface area contributed by atoms with E-state index in [9.17, 15) is 22.4 Å². The second-order valence-corrected chi connectivity index (χ2v) is 8.64. The molecule has 0 heterocycles. The fourth-order valence-electron chi connectivity index (χ4n) is 2.51. The Hall–Kier alpha value is -3.04. The van der Waals surface area contributed by atoms with Crippen molar-refractivity contribution >= 4 is 28.0 Å². The Labute approximate surface area is 181 Å². The molecule has 0 aliphatic rings. The summed E-state index contributed by atoms with van der Waals surface area (Å²) >= 11 is 0. The minimum atomic E-state index is -3.86. The van der Waals surface area contributed by atoms with Crippen molar-refractivity contribution in [2.75, 3.05) is 6.54 Å². The van der Waals surface area contributed by atoms with Crippen LogP contribution in [-0.2, 0) is 24.3 Å². The largest absolute Gasteiger partial charge is 0.452 e. The monoisotopic (exact) mass is 448 g/mol. The number of ether oxygens (including phenoxy) is 1. The molecular formula is C22H25FN2O5S. The number of benzene rings is 2. The van der Waals surface area contributed by atoms with Crippen molar-refractivity contribution in [3.05, 3.63) is 76.4 Å². The van der Waals surface area contributed by atoms with Crippen LogP contribution in [0.1, 0.15) is 36.6 Å². The number of rotatable bonds is 9. The van der Waals surface area contributed by atoms with E-state index < -0.39 is 40.6 Å². The molecule has 0 saturated carbocycles. The van der Waals surface area contributed by atoms with Crippen molar-refractivity contribution in [2.45, 2.75) is 32.9 Å². The lowest BCUT2D eigenvalue weighted by atomic mass is 10.1. The van der Waals surface area contributed by atoms with Crippen molar-refractivity contribution in [1.82, 2.24) is 10.0 Å². The van der Waals surface area contributed by atoms with Gasteiger partial charge in [-0.1, -0.05) is 42.0 Å². The number of halogens is 1. The number of sulfonamides is 1. The summed E-state index contributed by atoms with van der Waals surface area (Å²) in [6.07, 6.45) is 0.267. The Morgan fingerprint density at radius 3 is 2.29 bits per heavy atom. The van der Waals surface area contributed by atoms with Crippen LogP contribution in [0.4, 0.5) is 4.39 Å². The lowest BCUT2D eigenvalue weighted by Gasteiger charge is -2.18. The number of nitrogens with one attached hydrogen (secondary N) is 2. The highest BCUT2D eigenvalue weighted by atomic mass is 32.2. The Bertz CT molecular complexity index is 1030. The van der Waals surface area contributed by atoms with Gasteiger partial charge in [0, 0.05) is 5.41 Å². The van der Waals surface area contributed by atoms with E-state index in [4.69, 9.17) is 4.74 Å². The third-order valence-corrected chi connectivity index (χ3v) is 5.38. The smallest absolute Gasteiger partial charge is 0.321 e. The van der Waals surface area contributed by atoms with Gasteiger partial charge in [0.15, 0.2) is 6.10 Å². The molecule has 166 valence electrons. The van der Waals surface area contributed by atoms with Gasteiger partial charge < -0.3 is 10.1 Å². The molecule has 7 nitrogen and oxygen atoms in total. The molecule has 2 aromatic carbocycles. The van der Waals surface area contributed by atoms with Gasteiger partial charge in [0.1, 0.15) is 12.4 Å². The third-order valence-electron chi connectivity index (χ3n) is 4.34. The molecule has 9 heteroatoms. The minimum Gasteiger partial charge on any atom is -0.452 e. The maximum atomic E-state index is 13.0. The number of hydrogen-bond donors (Lipinski definition) is 2. The molecule has 0 aromatic heterocycles. The highest BCUT2D eigenvalue weighted by Gasteiger charge is 2.21. The summed E-state index contributed by atoms with van der Waals surface area (Å²) < 4.78 is 44.1. The minimum absolute atomic E-state index is 0.388. The first-order valence-electron chi connectivity index (χ1n) is 9.55. The summed E-state index contributed by atoms with van der Waals surface area (Å²) in [6, 6.07) is 12.4. The number of hydrogen-bond acceptors (Lipinski definition) is 5. The summed E-state index contributed by atoms with van der Waals surface area (Å²) in [5, 5.41) is 3.60. The zero-order valence-electron chi connectivity index (χ0n) is 17.5. The number of amides is 1. The van der Waals surface area contributed by atoms with Crippen molar-refractivity contribution in [2.24, 2.45) is 0 Å². The van der Waals surface area contributed by atoms with E-state index in [-0.39, 0.29) is 5.82 Å². The number of esters is 1. The van der Waals surface area contributed by atoms with Gasteiger partial charge in [-0.3, -0.25) is 9.59 Å². The average Bonchev–Trinajstić information content (AvgIpc) is 2.72. The predicted octanol–water partition coefficient (Wildman–Crippen LogP) is 2.83. The van der Waals surface area contributed by atoms with Crippen LogP contribution in [0, 0.1) is 12.7 Å². The Morgan fingerprint density at radius 1 is 1.06 bits per heavy atom.